The van der Waals surface area contributed by atoms with Gasteiger partial charge in [-0.1, -0.05) is 35.4 Å². The largest absolute Gasteiger partial charge is 0.370 e. The minimum absolute atomic E-state index is 0.229. The summed E-state index contributed by atoms with van der Waals surface area (Å²) in [5, 5.41) is 6.38. The van der Waals surface area contributed by atoms with E-state index in [1.165, 1.54) is 6.07 Å². The lowest BCUT2D eigenvalue weighted by molar-refractivity contribution is 0.0954. The van der Waals surface area contributed by atoms with Crippen LogP contribution in [0.4, 0.5) is 0 Å². The van der Waals surface area contributed by atoms with Gasteiger partial charge in [0.05, 0.1) is 16.6 Å². The van der Waals surface area contributed by atoms with Crippen molar-refractivity contribution in [3.8, 4) is 0 Å². The molecule has 0 atom stereocenters. The fourth-order valence-electron chi connectivity index (χ4n) is 1.38. The molecule has 5 nitrogen and oxygen atoms in total. The summed E-state index contributed by atoms with van der Waals surface area (Å²) < 4.78 is 0. The zero-order chi connectivity index (χ0) is 15.8. The van der Waals surface area contributed by atoms with Crippen molar-refractivity contribution >= 4 is 35.1 Å². The van der Waals surface area contributed by atoms with Crippen LogP contribution in [-0.2, 0) is 0 Å². The standard InChI is InChI=1S/C14H18Cl2N4O/c1-9(2)8-20-14(17)19-6-5-18-13(21)10-3-4-11(15)12(16)7-10/h3-4,7H,1,5-6,8H2,2H3,(H,18,21)(H3,17,19,20). The smallest absolute Gasteiger partial charge is 0.251 e. The summed E-state index contributed by atoms with van der Waals surface area (Å²) in [6.07, 6.45) is 0. The van der Waals surface area contributed by atoms with Crippen molar-refractivity contribution in [2.45, 2.75) is 6.92 Å². The third-order valence-corrected chi connectivity index (χ3v) is 3.16. The number of benzene rings is 1. The maximum Gasteiger partial charge on any atom is 0.251 e. The molecule has 0 heterocycles. The first-order valence-electron chi connectivity index (χ1n) is 6.31. The molecule has 1 aromatic rings. The lowest BCUT2D eigenvalue weighted by Crippen LogP contribution is -2.38. The molecule has 21 heavy (non-hydrogen) atoms. The first-order valence-corrected chi connectivity index (χ1v) is 7.07. The molecule has 0 aliphatic carbocycles. The number of nitrogens with one attached hydrogen (secondary N) is 2. The highest BCUT2D eigenvalue weighted by Gasteiger charge is 2.07. The number of carbonyl (C=O) groups excluding carboxylic acids is 1. The van der Waals surface area contributed by atoms with E-state index >= 15 is 0 Å². The Morgan fingerprint density at radius 3 is 2.57 bits per heavy atom. The van der Waals surface area contributed by atoms with Gasteiger partial charge in [-0.05, 0) is 25.1 Å². The topological polar surface area (TPSA) is 79.5 Å². The molecule has 114 valence electrons. The van der Waals surface area contributed by atoms with Gasteiger partial charge in [-0.3, -0.25) is 4.79 Å². The Kier molecular flexibility index (Phi) is 7.05. The third kappa shape index (κ3) is 6.51. The lowest BCUT2D eigenvalue weighted by Gasteiger charge is -2.08. The number of nitrogens with zero attached hydrogens (tertiary/aromatic N) is 1. The van der Waals surface area contributed by atoms with Crippen LogP contribution in [0.15, 0.2) is 35.3 Å². The molecular weight excluding hydrogens is 311 g/mol. The van der Waals surface area contributed by atoms with Gasteiger partial charge < -0.3 is 16.4 Å². The van der Waals surface area contributed by atoms with Gasteiger partial charge in [-0.2, -0.15) is 0 Å². The summed E-state index contributed by atoms with van der Waals surface area (Å²) in [4.78, 5) is 15.9. The lowest BCUT2D eigenvalue weighted by atomic mass is 10.2. The van der Waals surface area contributed by atoms with Gasteiger partial charge in [0, 0.05) is 18.7 Å². The first-order chi connectivity index (χ1) is 9.90. The van der Waals surface area contributed by atoms with Gasteiger partial charge in [-0.25, -0.2) is 4.99 Å². The van der Waals surface area contributed by atoms with Gasteiger partial charge in [0.25, 0.3) is 5.91 Å². The molecular formula is C14H18Cl2N4O. The van der Waals surface area contributed by atoms with Crippen molar-refractivity contribution in [2.75, 3.05) is 19.6 Å². The summed E-state index contributed by atoms with van der Waals surface area (Å²) in [6, 6.07) is 4.72. The number of carbonyl (C=O) groups is 1. The van der Waals surface area contributed by atoms with Gasteiger partial charge in [-0.15, -0.1) is 0 Å². The molecule has 0 spiro atoms. The van der Waals surface area contributed by atoms with E-state index in [1.807, 2.05) is 6.92 Å². The second-order valence-corrected chi connectivity index (χ2v) is 5.28. The van der Waals surface area contributed by atoms with Gasteiger partial charge in [0.1, 0.15) is 0 Å². The second-order valence-electron chi connectivity index (χ2n) is 4.47. The molecule has 1 aromatic carbocycles. The number of aliphatic imine (C=N–C) groups is 1. The van der Waals surface area contributed by atoms with Crippen LogP contribution in [0.5, 0.6) is 0 Å². The van der Waals surface area contributed by atoms with Gasteiger partial charge in [0.2, 0.25) is 0 Å². The molecule has 0 saturated heterocycles. The number of hydrogen-bond donors (Lipinski definition) is 3. The zero-order valence-electron chi connectivity index (χ0n) is 11.7. The molecule has 0 saturated carbocycles. The van der Waals surface area contributed by atoms with E-state index in [0.29, 0.717) is 41.2 Å². The van der Waals surface area contributed by atoms with Crippen molar-refractivity contribution in [3.05, 3.63) is 46.0 Å². The van der Waals surface area contributed by atoms with E-state index in [4.69, 9.17) is 28.9 Å². The molecule has 4 N–H and O–H groups in total. The highest BCUT2D eigenvalue weighted by Crippen LogP contribution is 2.22. The molecule has 0 fully saturated rings. The van der Waals surface area contributed by atoms with Gasteiger partial charge in [0.15, 0.2) is 5.96 Å². The van der Waals surface area contributed by atoms with Crippen LogP contribution in [-0.4, -0.2) is 31.5 Å². The summed E-state index contributed by atoms with van der Waals surface area (Å²) in [7, 11) is 0. The quantitative estimate of drug-likeness (QED) is 0.324. The van der Waals surface area contributed by atoms with Crippen LogP contribution >= 0.6 is 23.2 Å². The van der Waals surface area contributed by atoms with Crippen molar-refractivity contribution in [1.82, 2.24) is 10.6 Å². The molecule has 1 amide bonds. The molecule has 0 bridgehead atoms. The highest BCUT2D eigenvalue weighted by molar-refractivity contribution is 6.42. The third-order valence-electron chi connectivity index (χ3n) is 2.42. The fourth-order valence-corrected chi connectivity index (χ4v) is 1.68. The minimum Gasteiger partial charge on any atom is -0.370 e. The van der Waals surface area contributed by atoms with Crippen molar-refractivity contribution in [2.24, 2.45) is 10.7 Å². The van der Waals surface area contributed by atoms with Crippen LogP contribution in [0.25, 0.3) is 0 Å². The van der Waals surface area contributed by atoms with E-state index in [1.54, 1.807) is 12.1 Å². The predicted octanol–water partition coefficient (Wildman–Crippen LogP) is 2.20. The van der Waals surface area contributed by atoms with Crippen LogP contribution in [0.3, 0.4) is 0 Å². The fraction of sp³-hybridized carbons (Fsp3) is 0.286. The van der Waals surface area contributed by atoms with E-state index < -0.39 is 0 Å². The SMILES string of the molecule is C=C(C)CN=C(N)NCCNC(=O)c1ccc(Cl)c(Cl)c1. The summed E-state index contributed by atoms with van der Waals surface area (Å²) in [6.45, 7) is 6.95. The Morgan fingerprint density at radius 2 is 1.95 bits per heavy atom. The van der Waals surface area contributed by atoms with Crippen molar-refractivity contribution < 1.29 is 4.79 Å². The number of halogens is 2. The van der Waals surface area contributed by atoms with Crippen molar-refractivity contribution in [3.63, 3.8) is 0 Å². The zero-order valence-corrected chi connectivity index (χ0v) is 13.3. The maximum absolute atomic E-state index is 11.9. The molecule has 0 aliphatic rings. The average Bonchev–Trinajstić information content (AvgIpc) is 2.44. The molecule has 0 aromatic heterocycles. The number of guanidine groups is 1. The Morgan fingerprint density at radius 1 is 1.29 bits per heavy atom. The van der Waals surface area contributed by atoms with E-state index in [0.717, 1.165) is 5.57 Å². The molecule has 0 aliphatic heterocycles. The van der Waals surface area contributed by atoms with E-state index in [2.05, 4.69) is 22.2 Å². The van der Waals surface area contributed by atoms with Crippen LogP contribution in [0, 0.1) is 0 Å². The Balaban J connectivity index is 2.35. The number of amides is 1. The van der Waals surface area contributed by atoms with Crippen molar-refractivity contribution in [1.29, 1.82) is 0 Å². The van der Waals surface area contributed by atoms with Crippen LogP contribution in [0.2, 0.25) is 10.0 Å². The second kappa shape index (κ2) is 8.54. The minimum atomic E-state index is -0.229. The molecule has 7 heteroatoms. The first kappa shape index (κ1) is 17.3. The van der Waals surface area contributed by atoms with Gasteiger partial charge >= 0.3 is 0 Å². The van der Waals surface area contributed by atoms with Crippen LogP contribution < -0.4 is 16.4 Å². The number of nitrogens with two attached hydrogens (primary N) is 1. The normalized spacial score (nSPS) is 11.1. The van der Waals surface area contributed by atoms with E-state index in [9.17, 15) is 4.79 Å². The summed E-state index contributed by atoms with van der Waals surface area (Å²) in [5.41, 5.74) is 7.02. The number of hydrogen-bond acceptors (Lipinski definition) is 2. The summed E-state index contributed by atoms with van der Waals surface area (Å²) in [5.74, 6) is 0.0922. The Bertz CT molecular complexity index is 558. The average molecular weight is 329 g/mol. The number of rotatable bonds is 6. The predicted molar refractivity (Wildman–Crippen MR) is 88.1 cm³/mol. The maximum atomic E-state index is 11.9. The molecule has 0 radical (unpaired) electrons. The monoisotopic (exact) mass is 328 g/mol. The van der Waals surface area contributed by atoms with E-state index in [-0.39, 0.29) is 5.91 Å². The van der Waals surface area contributed by atoms with Crippen LogP contribution in [0.1, 0.15) is 17.3 Å². The molecule has 1 rings (SSSR count). The Hall–Kier alpha value is -1.72. The summed E-state index contributed by atoms with van der Waals surface area (Å²) >= 11 is 11.6. The Labute approximate surface area is 134 Å². The highest BCUT2D eigenvalue weighted by atomic mass is 35.5. The molecule has 0 unspecified atom stereocenters.